The fraction of sp³-hybridized carbons (Fsp3) is 0.300. The van der Waals surface area contributed by atoms with E-state index in [1.54, 1.807) is 6.07 Å². The molecule has 1 aromatic rings. The number of phenols is 1. The summed E-state index contributed by atoms with van der Waals surface area (Å²) in [7, 11) is 1.82. The number of phenolic OH excluding ortho intramolecular Hbond substituents is 1. The van der Waals surface area contributed by atoms with Gasteiger partial charge in [-0.3, -0.25) is 4.79 Å². The van der Waals surface area contributed by atoms with Crippen LogP contribution in [0.5, 0.6) is 5.75 Å². The standard InChI is InChI=1S/C10H11NO3/c1-11-5-6(10(13)14)9-7(11)3-2-4-8(9)12/h2-4,6,12H,5H2,1H3,(H,13,14). The summed E-state index contributed by atoms with van der Waals surface area (Å²) in [5, 5.41) is 18.5. The largest absolute Gasteiger partial charge is 0.508 e. The highest BCUT2D eigenvalue weighted by atomic mass is 16.4. The predicted octanol–water partition coefficient (Wildman–Crippen LogP) is 1.01. The number of hydrogen-bond donors (Lipinski definition) is 2. The Morgan fingerprint density at radius 3 is 2.93 bits per heavy atom. The van der Waals surface area contributed by atoms with Crippen LogP contribution in [-0.4, -0.2) is 29.8 Å². The molecule has 0 fully saturated rings. The monoisotopic (exact) mass is 193 g/mol. The van der Waals surface area contributed by atoms with Gasteiger partial charge in [0.1, 0.15) is 11.7 Å². The maximum absolute atomic E-state index is 10.9. The Kier molecular flexibility index (Phi) is 1.84. The van der Waals surface area contributed by atoms with Crippen molar-refractivity contribution in [2.75, 3.05) is 18.5 Å². The van der Waals surface area contributed by atoms with Crippen LogP contribution in [0.1, 0.15) is 11.5 Å². The van der Waals surface area contributed by atoms with Crippen LogP contribution in [0.3, 0.4) is 0 Å². The molecule has 0 amide bonds. The smallest absolute Gasteiger partial charge is 0.313 e. The Hall–Kier alpha value is -1.71. The van der Waals surface area contributed by atoms with E-state index in [-0.39, 0.29) is 5.75 Å². The van der Waals surface area contributed by atoms with E-state index >= 15 is 0 Å². The molecule has 0 spiro atoms. The van der Waals surface area contributed by atoms with E-state index in [4.69, 9.17) is 5.11 Å². The molecule has 2 rings (SSSR count). The molecule has 0 saturated heterocycles. The normalized spacial score (nSPS) is 19.5. The van der Waals surface area contributed by atoms with Crippen LogP contribution < -0.4 is 4.90 Å². The fourth-order valence-corrected chi connectivity index (χ4v) is 1.90. The first-order chi connectivity index (χ1) is 6.61. The molecule has 2 N–H and O–H groups in total. The number of rotatable bonds is 1. The Morgan fingerprint density at radius 1 is 1.57 bits per heavy atom. The second-order valence-corrected chi connectivity index (χ2v) is 3.48. The van der Waals surface area contributed by atoms with Crippen molar-refractivity contribution in [1.29, 1.82) is 0 Å². The molecule has 1 heterocycles. The number of aliphatic carboxylic acids is 1. The number of carboxylic acids is 1. The van der Waals surface area contributed by atoms with Crippen LogP contribution in [0.2, 0.25) is 0 Å². The van der Waals surface area contributed by atoms with Crippen molar-refractivity contribution in [3.63, 3.8) is 0 Å². The molecule has 1 aromatic carbocycles. The van der Waals surface area contributed by atoms with Crippen LogP contribution >= 0.6 is 0 Å². The average molecular weight is 193 g/mol. The number of nitrogens with zero attached hydrogens (tertiary/aromatic N) is 1. The van der Waals surface area contributed by atoms with Gasteiger partial charge in [-0.05, 0) is 12.1 Å². The van der Waals surface area contributed by atoms with Gasteiger partial charge in [0, 0.05) is 24.8 Å². The minimum absolute atomic E-state index is 0.0688. The number of likely N-dealkylation sites (N-methyl/N-ethyl adjacent to an activating group) is 1. The lowest BCUT2D eigenvalue weighted by Gasteiger charge is -2.10. The zero-order valence-electron chi connectivity index (χ0n) is 7.77. The van der Waals surface area contributed by atoms with E-state index in [0.29, 0.717) is 12.1 Å². The number of benzene rings is 1. The quantitative estimate of drug-likeness (QED) is 0.698. The third kappa shape index (κ3) is 1.11. The summed E-state index contributed by atoms with van der Waals surface area (Å²) in [5.41, 5.74) is 1.33. The summed E-state index contributed by atoms with van der Waals surface area (Å²) in [6, 6.07) is 5.06. The van der Waals surface area contributed by atoms with Gasteiger partial charge in [-0.1, -0.05) is 6.07 Å². The molecule has 74 valence electrons. The molecule has 14 heavy (non-hydrogen) atoms. The van der Waals surface area contributed by atoms with E-state index < -0.39 is 11.9 Å². The van der Waals surface area contributed by atoms with Crippen molar-refractivity contribution in [3.05, 3.63) is 23.8 Å². The van der Waals surface area contributed by atoms with Crippen molar-refractivity contribution < 1.29 is 15.0 Å². The van der Waals surface area contributed by atoms with Gasteiger partial charge in [-0.2, -0.15) is 0 Å². The summed E-state index contributed by atoms with van der Waals surface area (Å²) >= 11 is 0. The van der Waals surface area contributed by atoms with Gasteiger partial charge < -0.3 is 15.1 Å². The molecule has 0 saturated carbocycles. The zero-order chi connectivity index (χ0) is 10.3. The van der Waals surface area contributed by atoms with Crippen molar-refractivity contribution in [2.24, 2.45) is 0 Å². The molecule has 4 nitrogen and oxygen atoms in total. The lowest BCUT2D eigenvalue weighted by Crippen LogP contribution is -2.19. The third-order valence-corrected chi connectivity index (χ3v) is 2.57. The molecule has 0 bridgehead atoms. The third-order valence-electron chi connectivity index (χ3n) is 2.57. The van der Waals surface area contributed by atoms with Gasteiger partial charge in [0.2, 0.25) is 0 Å². The minimum atomic E-state index is -0.892. The molecular weight excluding hydrogens is 182 g/mol. The highest BCUT2D eigenvalue weighted by Crippen LogP contribution is 2.40. The van der Waals surface area contributed by atoms with Gasteiger partial charge >= 0.3 is 5.97 Å². The Morgan fingerprint density at radius 2 is 2.29 bits per heavy atom. The average Bonchev–Trinajstić information content (AvgIpc) is 2.46. The topological polar surface area (TPSA) is 60.8 Å². The van der Waals surface area contributed by atoms with Crippen LogP contribution in [-0.2, 0) is 4.79 Å². The maximum Gasteiger partial charge on any atom is 0.313 e. The molecule has 1 aliphatic heterocycles. The second-order valence-electron chi connectivity index (χ2n) is 3.48. The maximum atomic E-state index is 10.9. The van der Waals surface area contributed by atoms with Crippen LogP contribution in [0.15, 0.2) is 18.2 Å². The highest BCUT2D eigenvalue weighted by Gasteiger charge is 2.33. The van der Waals surface area contributed by atoms with Gasteiger partial charge in [0.15, 0.2) is 0 Å². The lowest BCUT2D eigenvalue weighted by molar-refractivity contribution is -0.138. The summed E-state index contributed by atoms with van der Waals surface area (Å²) in [4.78, 5) is 12.8. The molecule has 0 aromatic heterocycles. The van der Waals surface area contributed by atoms with Gasteiger partial charge in [-0.15, -0.1) is 0 Å². The molecule has 1 atom stereocenters. The molecule has 4 heteroatoms. The van der Waals surface area contributed by atoms with E-state index in [0.717, 1.165) is 5.69 Å². The molecular formula is C10H11NO3. The Labute approximate surface area is 81.4 Å². The molecule has 1 aliphatic rings. The van der Waals surface area contributed by atoms with Crippen LogP contribution in [0.25, 0.3) is 0 Å². The van der Waals surface area contributed by atoms with Crippen molar-refractivity contribution >= 4 is 11.7 Å². The number of carbonyl (C=O) groups is 1. The van der Waals surface area contributed by atoms with E-state index in [1.165, 1.54) is 6.07 Å². The summed E-state index contributed by atoms with van der Waals surface area (Å²) in [6.07, 6.45) is 0. The van der Waals surface area contributed by atoms with Gasteiger partial charge in [0.05, 0.1) is 0 Å². The Balaban J connectivity index is 2.56. The van der Waals surface area contributed by atoms with Crippen LogP contribution in [0.4, 0.5) is 5.69 Å². The van der Waals surface area contributed by atoms with Crippen molar-refractivity contribution in [2.45, 2.75) is 5.92 Å². The molecule has 0 radical (unpaired) electrons. The number of hydrogen-bond acceptors (Lipinski definition) is 3. The number of carboxylic acid groups (broad SMARTS) is 1. The fourth-order valence-electron chi connectivity index (χ4n) is 1.90. The molecule has 1 unspecified atom stereocenters. The first kappa shape index (κ1) is 8.87. The Bertz CT molecular complexity index is 389. The predicted molar refractivity (Wildman–Crippen MR) is 51.8 cm³/mol. The van der Waals surface area contributed by atoms with E-state index in [1.807, 2.05) is 18.0 Å². The summed E-state index contributed by atoms with van der Waals surface area (Å²) < 4.78 is 0. The van der Waals surface area contributed by atoms with Gasteiger partial charge in [0.25, 0.3) is 0 Å². The zero-order valence-corrected chi connectivity index (χ0v) is 7.77. The van der Waals surface area contributed by atoms with Crippen molar-refractivity contribution in [3.8, 4) is 5.75 Å². The number of anilines is 1. The SMILES string of the molecule is CN1CC(C(=O)O)c2c(O)cccc21. The summed E-state index contributed by atoms with van der Waals surface area (Å²) in [6.45, 7) is 0.419. The van der Waals surface area contributed by atoms with Crippen molar-refractivity contribution in [1.82, 2.24) is 0 Å². The first-order valence-electron chi connectivity index (χ1n) is 4.37. The number of fused-ring (bicyclic) bond motifs is 1. The minimum Gasteiger partial charge on any atom is -0.508 e. The second kappa shape index (κ2) is 2.90. The van der Waals surface area contributed by atoms with E-state index in [2.05, 4.69) is 0 Å². The molecule has 0 aliphatic carbocycles. The first-order valence-corrected chi connectivity index (χ1v) is 4.37. The number of aromatic hydroxyl groups is 1. The van der Waals surface area contributed by atoms with Gasteiger partial charge in [-0.25, -0.2) is 0 Å². The highest BCUT2D eigenvalue weighted by molar-refractivity contribution is 5.84. The lowest BCUT2D eigenvalue weighted by atomic mass is 10.0. The van der Waals surface area contributed by atoms with E-state index in [9.17, 15) is 9.90 Å². The van der Waals surface area contributed by atoms with Crippen LogP contribution in [0, 0.1) is 0 Å². The summed E-state index contributed by atoms with van der Waals surface area (Å²) in [5.74, 6) is -1.44.